The van der Waals surface area contributed by atoms with Crippen LogP contribution in [-0.4, -0.2) is 0 Å². The van der Waals surface area contributed by atoms with Gasteiger partial charge in [-0.2, -0.15) is 0 Å². The number of fused-ring (bicyclic) bond motifs is 3. The topological polar surface area (TPSA) is 4.36 Å². The monoisotopic (exact) mass is 395 g/mol. The summed E-state index contributed by atoms with van der Waals surface area (Å²) in [5.41, 5.74) is 5.33. The molecule has 0 N–H and O–H groups in total. The minimum Gasteiger partial charge on any atom is -0.238 e. The predicted molar refractivity (Wildman–Crippen MR) is 121 cm³/mol. The van der Waals surface area contributed by atoms with Crippen LogP contribution in [0, 0.1) is 6.57 Å². The van der Waals surface area contributed by atoms with E-state index in [9.17, 15) is 0 Å². The first-order valence-corrected chi connectivity index (χ1v) is 10.1. The van der Waals surface area contributed by atoms with Crippen molar-refractivity contribution in [1.82, 2.24) is 0 Å². The normalized spacial score (nSPS) is 11.0. The van der Waals surface area contributed by atoms with Gasteiger partial charge in [0.25, 0.3) is 0 Å². The van der Waals surface area contributed by atoms with E-state index < -0.39 is 0 Å². The maximum atomic E-state index is 7.30. The van der Waals surface area contributed by atoms with Gasteiger partial charge in [0, 0.05) is 14.4 Å². The fourth-order valence-electron chi connectivity index (χ4n) is 3.62. The summed E-state index contributed by atoms with van der Waals surface area (Å²) in [7, 11) is 0. The van der Waals surface area contributed by atoms with E-state index in [1.807, 2.05) is 30.3 Å². The second-order valence-electron chi connectivity index (χ2n) is 6.67. The summed E-state index contributed by atoms with van der Waals surface area (Å²) in [6, 6.07) is 28.9. The minimum atomic E-state index is 0.681. The van der Waals surface area contributed by atoms with Crippen LogP contribution in [0.1, 0.15) is 0 Å². The van der Waals surface area contributed by atoms with Gasteiger partial charge in [-0.05, 0) is 57.3 Å². The zero-order chi connectivity index (χ0) is 19.1. The minimum absolute atomic E-state index is 0.681. The molecule has 0 amide bonds. The molecule has 0 radical (unpaired) electrons. The fraction of sp³-hybridized carbons (Fsp3) is 0. The molecule has 0 unspecified atom stereocenters. The van der Waals surface area contributed by atoms with Crippen LogP contribution < -0.4 is 0 Å². The lowest BCUT2D eigenvalue weighted by Gasteiger charge is -2.08. The van der Waals surface area contributed by atoms with E-state index in [1.54, 1.807) is 11.3 Å². The highest BCUT2D eigenvalue weighted by Gasteiger charge is 2.11. The van der Waals surface area contributed by atoms with Crippen molar-refractivity contribution in [2.75, 3.05) is 0 Å². The third-order valence-electron chi connectivity index (χ3n) is 4.94. The van der Waals surface area contributed by atoms with E-state index in [0.29, 0.717) is 5.69 Å². The molecule has 0 aliphatic heterocycles. The SMILES string of the molecule is [C-]#[N+]c1ccc2sc3c(-c4cccc(-c5cccc(Cl)c5)c4)cccc3c2c1. The molecule has 5 rings (SSSR count). The van der Waals surface area contributed by atoms with Crippen molar-refractivity contribution in [3.63, 3.8) is 0 Å². The molecule has 28 heavy (non-hydrogen) atoms. The standard InChI is InChI=1S/C25H14ClNS/c1-27-20-11-12-24-23(15-20)22-10-4-9-21(25(22)28-24)18-7-2-5-16(13-18)17-6-3-8-19(26)14-17/h2-15H. The molecule has 0 atom stereocenters. The van der Waals surface area contributed by atoms with E-state index in [2.05, 4.69) is 59.4 Å². The van der Waals surface area contributed by atoms with Gasteiger partial charge in [-0.25, -0.2) is 4.85 Å². The molecule has 0 saturated heterocycles. The van der Waals surface area contributed by atoms with Crippen LogP contribution in [0.25, 0.3) is 47.3 Å². The Morgan fingerprint density at radius 2 is 1.46 bits per heavy atom. The second kappa shape index (κ2) is 6.80. The zero-order valence-electron chi connectivity index (χ0n) is 14.8. The van der Waals surface area contributed by atoms with Gasteiger partial charge in [-0.1, -0.05) is 72.3 Å². The molecule has 0 aliphatic rings. The molecule has 5 aromatic rings. The van der Waals surface area contributed by atoms with Crippen LogP contribution >= 0.6 is 22.9 Å². The number of nitrogens with zero attached hydrogens (tertiary/aromatic N) is 1. The van der Waals surface area contributed by atoms with E-state index in [-0.39, 0.29) is 0 Å². The van der Waals surface area contributed by atoms with E-state index in [0.717, 1.165) is 21.5 Å². The zero-order valence-corrected chi connectivity index (χ0v) is 16.4. The van der Waals surface area contributed by atoms with Gasteiger partial charge >= 0.3 is 0 Å². The van der Waals surface area contributed by atoms with Crippen molar-refractivity contribution < 1.29 is 0 Å². The molecule has 0 fully saturated rings. The Morgan fingerprint density at radius 1 is 0.714 bits per heavy atom. The molecule has 0 bridgehead atoms. The van der Waals surface area contributed by atoms with Crippen LogP contribution in [-0.2, 0) is 0 Å². The maximum absolute atomic E-state index is 7.30. The average Bonchev–Trinajstić information content (AvgIpc) is 3.11. The van der Waals surface area contributed by atoms with E-state index in [4.69, 9.17) is 18.2 Å². The molecular formula is C25H14ClNS. The van der Waals surface area contributed by atoms with Crippen molar-refractivity contribution in [3.05, 3.63) is 101 Å². The van der Waals surface area contributed by atoms with Gasteiger partial charge in [0.2, 0.25) is 0 Å². The van der Waals surface area contributed by atoms with Crippen molar-refractivity contribution in [2.24, 2.45) is 0 Å². The maximum Gasteiger partial charge on any atom is 0.187 e. The lowest BCUT2D eigenvalue weighted by molar-refractivity contribution is 1.61. The quantitative estimate of drug-likeness (QED) is 0.263. The number of benzene rings is 4. The van der Waals surface area contributed by atoms with Crippen LogP contribution in [0.4, 0.5) is 5.69 Å². The number of hydrogen-bond donors (Lipinski definition) is 0. The van der Waals surface area contributed by atoms with Crippen LogP contribution in [0.5, 0.6) is 0 Å². The predicted octanol–water partition coefficient (Wildman–Crippen LogP) is 8.59. The summed E-state index contributed by atoms with van der Waals surface area (Å²) in [6.45, 7) is 7.30. The van der Waals surface area contributed by atoms with Gasteiger partial charge < -0.3 is 0 Å². The summed E-state index contributed by atoms with van der Waals surface area (Å²) in [4.78, 5) is 3.58. The number of hydrogen-bond acceptors (Lipinski definition) is 1. The fourth-order valence-corrected chi connectivity index (χ4v) is 5.03. The summed E-state index contributed by atoms with van der Waals surface area (Å²) in [5.74, 6) is 0. The van der Waals surface area contributed by atoms with Gasteiger partial charge in [0.1, 0.15) is 0 Å². The molecule has 3 heteroatoms. The molecule has 0 saturated carbocycles. The summed E-state index contributed by atoms with van der Waals surface area (Å²) >= 11 is 7.96. The van der Waals surface area contributed by atoms with Crippen LogP contribution in [0.2, 0.25) is 5.02 Å². The second-order valence-corrected chi connectivity index (χ2v) is 8.16. The molecular weight excluding hydrogens is 382 g/mol. The Balaban J connectivity index is 1.72. The molecule has 4 aromatic carbocycles. The first kappa shape index (κ1) is 17.0. The third kappa shape index (κ3) is 2.86. The summed E-state index contributed by atoms with van der Waals surface area (Å²) < 4.78 is 2.46. The van der Waals surface area contributed by atoms with Gasteiger partial charge in [-0.15, -0.1) is 11.3 Å². The summed E-state index contributed by atoms with van der Waals surface area (Å²) in [6.07, 6.45) is 0. The highest BCUT2D eigenvalue weighted by Crippen LogP contribution is 2.41. The Kier molecular flexibility index (Phi) is 4.13. The molecule has 0 spiro atoms. The first-order chi connectivity index (χ1) is 13.7. The highest BCUT2D eigenvalue weighted by atomic mass is 35.5. The third-order valence-corrected chi connectivity index (χ3v) is 6.40. The van der Waals surface area contributed by atoms with Crippen molar-refractivity contribution in [2.45, 2.75) is 0 Å². The Bertz CT molecular complexity index is 1390. The Morgan fingerprint density at radius 3 is 2.29 bits per heavy atom. The van der Waals surface area contributed by atoms with Gasteiger partial charge in [-0.3, -0.25) is 0 Å². The van der Waals surface area contributed by atoms with E-state index in [1.165, 1.54) is 25.9 Å². The Labute approximate surface area is 172 Å². The number of rotatable bonds is 2. The molecule has 1 heterocycles. The van der Waals surface area contributed by atoms with Gasteiger partial charge in [0.15, 0.2) is 5.69 Å². The average molecular weight is 396 g/mol. The van der Waals surface area contributed by atoms with Crippen molar-refractivity contribution >= 4 is 48.8 Å². The summed E-state index contributed by atoms with van der Waals surface area (Å²) in [5, 5.41) is 3.10. The van der Waals surface area contributed by atoms with Gasteiger partial charge in [0.05, 0.1) is 6.57 Å². The van der Waals surface area contributed by atoms with Crippen molar-refractivity contribution in [1.29, 1.82) is 0 Å². The highest BCUT2D eigenvalue weighted by molar-refractivity contribution is 7.26. The van der Waals surface area contributed by atoms with E-state index >= 15 is 0 Å². The van der Waals surface area contributed by atoms with Crippen LogP contribution in [0.3, 0.4) is 0 Å². The molecule has 132 valence electrons. The molecule has 1 aromatic heterocycles. The van der Waals surface area contributed by atoms with Crippen LogP contribution in [0.15, 0.2) is 84.9 Å². The first-order valence-electron chi connectivity index (χ1n) is 8.92. The lowest BCUT2D eigenvalue weighted by Crippen LogP contribution is -1.82. The molecule has 1 nitrogen and oxygen atoms in total. The smallest absolute Gasteiger partial charge is 0.187 e. The Hall–Kier alpha value is -3.12. The number of halogens is 1. The lowest BCUT2D eigenvalue weighted by atomic mass is 9.98. The van der Waals surface area contributed by atoms with Crippen molar-refractivity contribution in [3.8, 4) is 22.3 Å². The number of thiophene rings is 1. The molecule has 0 aliphatic carbocycles. The largest absolute Gasteiger partial charge is 0.238 e.